The molecular weight excluding hydrogens is 711 g/mol. The number of phosphoric ester groups is 1. The Morgan fingerprint density at radius 3 is 1.11 bits per heavy atom. The van der Waals surface area contributed by atoms with Crippen molar-refractivity contribution in [2.45, 2.75) is 258 Å². The molecule has 0 aromatic rings. The lowest BCUT2D eigenvalue weighted by molar-refractivity contribution is -0.161. The van der Waals surface area contributed by atoms with Gasteiger partial charge in [-0.2, -0.15) is 0 Å². The maximum Gasteiger partial charge on any atom is 0.469 e. The second kappa shape index (κ2) is 42.4. The standard InChI is InChI=1S/C46H89O8P/c1-3-5-7-9-11-13-15-17-19-21-22-23-24-25-27-29-31-33-35-37-39-41-46(48)54-44(43-53-55(49,50)51)42-52-45(47)40-38-36-34-32-30-28-26-20-18-16-14-12-10-8-6-4-2/h17,19,44H,3-16,18,20-43H2,1-2H3,(H2,49,50,51)/b19-17+/t44-/m1/s1. The number of unbranched alkanes of at least 4 members (excludes halogenated alkanes) is 32. The fraction of sp³-hybridized carbons (Fsp3) is 0.913. The third-order valence-corrected chi connectivity index (χ3v) is 11.0. The molecule has 0 aliphatic rings. The third kappa shape index (κ3) is 45.4. The molecule has 0 aliphatic heterocycles. The van der Waals surface area contributed by atoms with Crippen LogP contribution in [0.1, 0.15) is 251 Å². The van der Waals surface area contributed by atoms with E-state index < -0.39 is 32.5 Å². The monoisotopic (exact) mass is 801 g/mol. The van der Waals surface area contributed by atoms with Crippen LogP contribution in [0.3, 0.4) is 0 Å². The van der Waals surface area contributed by atoms with Crippen molar-refractivity contribution in [1.82, 2.24) is 0 Å². The van der Waals surface area contributed by atoms with Crippen molar-refractivity contribution in [2.75, 3.05) is 13.2 Å². The van der Waals surface area contributed by atoms with Crippen molar-refractivity contribution in [3.05, 3.63) is 12.2 Å². The minimum Gasteiger partial charge on any atom is -0.462 e. The molecular formula is C46H89O8P. The van der Waals surface area contributed by atoms with Crippen LogP contribution < -0.4 is 0 Å². The van der Waals surface area contributed by atoms with Gasteiger partial charge in [0.05, 0.1) is 6.61 Å². The Labute approximate surface area is 339 Å². The predicted octanol–water partition coefficient (Wildman–Crippen LogP) is 14.6. The molecule has 1 atom stereocenters. The number of ether oxygens (including phenoxy) is 2. The van der Waals surface area contributed by atoms with Gasteiger partial charge in [-0.25, -0.2) is 4.57 Å². The quantitative estimate of drug-likeness (QED) is 0.0271. The molecule has 0 unspecified atom stereocenters. The van der Waals surface area contributed by atoms with Gasteiger partial charge in [0.1, 0.15) is 6.61 Å². The number of hydrogen-bond acceptors (Lipinski definition) is 6. The topological polar surface area (TPSA) is 119 Å². The van der Waals surface area contributed by atoms with Crippen molar-refractivity contribution in [3.63, 3.8) is 0 Å². The number of rotatable bonds is 44. The molecule has 0 aromatic carbocycles. The summed E-state index contributed by atoms with van der Waals surface area (Å²) >= 11 is 0. The molecule has 0 radical (unpaired) electrons. The summed E-state index contributed by atoms with van der Waals surface area (Å²) in [5, 5.41) is 0. The van der Waals surface area contributed by atoms with E-state index in [1.54, 1.807) is 0 Å². The maximum atomic E-state index is 12.4. The Balaban J connectivity index is 3.81. The highest BCUT2D eigenvalue weighted by Gasteiger charge is 2.23. The molecule has 9 heteroatoms. The molecule has 0 aromatic heterocycles. The Morgan fingerprint density at radius 2 is 0.764 bits per heavy atom. The second-order valence-corrected chi connectivity index (χ2v) is 17.3. The third-order valence-electron chi connectivity index (χ3n) is 10.5. The molecule has 0 saturated carbocycles. The number of carbonyl (C=O) groups is 2. The Hall–Kier alpha value is -1.21. The molecule has 0 aliphatic carbocycles. The first-order valence-electron chi connectivity index (χ1n) is 23.5. The van der Waals surface area contributed by atoms with Crippen LogP contribution in [0.2, 0.25) is 0 Å². The zero-order valence-corrected chi connectivity index (χ0v) is 37.0. The molecule has 0 amide bonds. The molecule has 0 bridgehead atoms. The van der Waals surface area contributed by atoms with Gasteiger partial charge in [0.15, 0.2) is 6.10 Å². The number of esters is 2. The average Bonchev–Trinajstić information content (AvgIpc) is 3.16. The van der Waals surface area contributed by atoms with Crippen LogP contribution in [-0.2, 0) is 28.2 Å². The number of allylic oxidation sites excluding steroid dienone is 2. The van der Waals surface area contributed by atoms with Crippen LogP contribution >= 0.6 is 7.82 Å². The molecule has 326 valence electrons. The van der Waals surface area contributed by atoms with Crippen molar-refractivity contribution in [2.24, 2.45) is 0 Å². The largest absolute Gasteiger partial charge is 0.469 e. The fourth-order valence-electron chi connectivity index (χ4n) is 7.02. The van der Waals surface area contributed by atoms with E-state index in [0.29, 0.717) is 6.42 Å². The van der Waals surface area contributed by atoms with Gasteiger partial charge in [-0.1, -0.05) is 212 Å². The summed E-state index contributed by atoms with van der Waals surface area (Å²) in [7, 11) is -4.75. The SMILES string of the molecule is CCCCCCCC/C=C/CCCCCCCCCCCCCC(=O)O[C@H](COC(=O)CCCCCCCCCCCCCCCCCC)COP(=O)(O)O. The summed E-state index contributed by atoms with van der Waals surface area (Å²) < 4.78 is 26.5. The Kier molecular flexibility index (Phi) is 41.5. The summed E-state index contributed by atoms with van der Waals surface area (Å²) in [6, 6.07) is 0. The Morgan fingerprint density at radius 1 is 0.455 bits per heavy atom. The van der Waals surface area contributed by atoms with Crippen LogP contribution in [-0.4, -0.2) is 41.0 Å². The molecule has 55 heavy (non-hydrogen) atoms. The summed E-state index contributed by atoms with van der Waals surface area (Å²) in [6.07, 6.45) is 47.9. The van der Waals surface area contributed by atoms with Gasteiger partial charge in [-0.3, -0.25) is 14.1 Å². The second-order valence-electron chi connectivity index (χ2n) is 16.1. The zero-order chi connectivity index (χ0) is 40.3. The van der Waals surface area contributed by atoms with E-state index in [1.165, 1.54) is 180 Å². The van der Waals surface area contributed by atoms with E-state index >= 15 is 0 Å². The van der Waals surface area contributed by atoms with Crippen molar-refractivity contribution < 1.29 is 37.9 Å². The van der Waals surface area contributed by atoms with Crippen LogP contribution in [0, 0.1) is 0 Å². The van der Waals surface area contributed by atoms with Crippen molar-refractivity contribution in [1.29, 1.82) is 0 Å². The minimum atomic E-state index is -4.75. The van der Waals surface area contributed by atoms with Crippen molar-refractivity contribution in [3.8, 4) is 0 Å². The van der Waals surface area contributed by atoms with Crippen LogP contribution in [0.15, 0.2) is 12.2 Å². The smallest absolute Gasteiger partial charge is 0.462 e. The highest BCUT2D eigenvalue weighted by Crippen LogP contribution is 2.36. The summed E-state index contributed by atoms with van der Waals surface area (Å²) in [5.41, 5.74) is 0. The van der Waals surface area contributed by atoms with Gasteiger partial charge < -0.3 is 19.3 Å². The van der Waals surface area contributed by atoms with Crippen LogP contribution in [0.4, 0.5) is 0 Å². The number of hydrogen-bond donors (Lipinski definition) is 2. The average molecular weight is 801 g/mol. The lowest BCUT2D eigenvalue weighted by atomic mass is 10.0. The van der Waals surface area contributed by atoms with Crippen molar-refractivity contribution >= 4 is 19.8 Å². The van der Waals surface area contributed by atoms with Crippen LogP contribution in [0.25, 0.3) is 0 Å². The number of carbonyl (C=O) groups excluding carboxylic acids is 2. The van der Waals surface area contributed by atoms with E-state index in [9.17, 15) is 14.2 Å². The van der Waals surface area contributed by atoms with E-state index in [0.717, 1.165) is 38.5 Å². The molecule has 0 spiro atoms. The molecule has 0 heterocycles. The van der Waals surface area contributed by atoms with Gasteiger partial charge in [-0.05, 0) is 38.5 Å². The molecule has 8 nitrogen and oxygen atoms in total. The molecule has 0 fully saturated rings. The molecule has 0 rings (SSSR count). The lowest BCUT2D eigenvalue weighted by Gasteiger charge is -2.18. The fourth-order valence-corrected chi connectivity index (χ4v) is 7.38. The number of phosphoric acid groups is 1. The summed E-state index contributed by atoms with van der Waals surface area (Å²) in [5.74, 6) is -0.870. The van der Waals surface area contributed by atoms with E-state index in [1.807, 2.05) is 0 Å². The molecule has 0 saturated heterocycles. The normalized spacial score (nSPS) is 12.4. The van der Waals surface area contributed by atoms with Gasteiger partial charge in [-0.15, -0.1) is 0 Å². The Bertz CT molecular complexity index is 904. The predicted molar refractivity (Wildman–Crippen MR) is 230 cm³/mol. The minimum absolute atomic E-state index is 0.216. The van der Waals surface area contributed by atoms with E-state index in [4.69, 9.17) is 19.3 Å². The first-order chi connectivity index (χ1) is 26.8. The first kappa shape index (κ1) is 53.8. The lowest BCUT2D eigenvalue weighted by Crippen LogP contribution is -2.29. The summed E-state index contributed by atoms with van der Waals surface area (Å²) in [6.45, 7) is 3.72. The highest BCUT2D eigenvalue weighted by molar-refractivity contribution is 7.46. The maximum absolute atomic E-state index is 12.4. The first-order valence-corrected chi connectivity index (χ1v) is 25.0. The van der Waals surface area contributed by atoms with Gasteiger partial charge in [0.25, 0.3) is 0 Å². The highest BCUT2D eigenvalue weighted by atomic mass is 31.2. The van der Waals surface area contributed by atoms with Gasteiger partial charge in [0, 0.05) is 12.8 Å². The van der Waals surface area contributed by atoms with Crippen LogP contribution in [0.5, 0.6) is 0 Å². The van der Waals surface area contributed by atoms with Gasteiger partial charge in [0.2, 0.25) is 0 Å². The van der Waals surface area contributed by atoms with E-state index in [-0.39, 0.29) is 19.4 Å². The van der Waals surface area contributed by atoms with E-state index in [2.05, 4.69) is 30.5 Å². The van der Waals surface area contributed by atoms with Gasteiger partial charge >= 0.3 is 19.8 Å². The summed E-state index contributed by atoms with van der Waals surface area (Å²) in [4.78, 5) is 43.0. The molecule has 2 N–H and O–H groups in total. The zero-order valence-electron chi connectivity index (χ0n) is 36.1.